The summed E-state index contributed by atoms with van der Waals surface area (Å²) in [6, 6.07) is 5.06. The highest BCUT2D eigenvalue weighted by atomic mass is 19.2. The van der Waals surface area contributed by atoms with Gasteiger partial charge in [0.25, 0.3) is 0 Å². The Balaban J connectivity index is 2.69. The third kappa shape index (κ3) is 0.922. The lowest BCUT2D eigenvalue weighted by Crippen LogP contribution is -1.84. The minimum atomic E-state index is 0.342. The predicted molar refractivity (Wildman–Crippen MR) is 42.8 cm³/mol. The van der Waals surface area contributed by atoms with E-state index in [0.29, 0.717) is 16.2 Å². The summed E-state index contributed by atoms with van der Waals surface area (Å²) in [4.78, 5) is 0.342. The molecular weight excluding hydrogens is 159 g/mol. The monoisotopic (exact) mass is 166 g/mol. The molecule has 0 aliphatic heterocycles. The van der Waals surface area contributed by atoms with Gasteiger partial charge in [-0.25, -0.2) is 0 Å². The zero-order chi connectivity index (χ0) is 8.55. The average molecular weight is 166 g/mol. The van der Waals surface area contributed by atoms with E-state index in [1.807, 2.05) is 0 Å². The summed E-state index contributed by atoms with van der Waals surface area (Å²) in [6.07, 6.45) is 1.46. The maximum absolute atomic E-state index is 12.7. The summed E-state index contributed by atoms with van der Waals surface area (Å²) in [6.45, 7) is 0. The Morgan fingerprint density at radius 1 is 1.50 bits per heavy atom. The lowest BCUT2D eigenvalue weighted by atomic mass is 10.2. The smallest absolute Gasteiger partial charge is 0.119 e. The molecule has 1 aromatic carbocycles. The molecule has 1 heterocycles. The van der Waals surface area contributed by atoms with Gasteiger partial charge < -0.3 is 4.74 Å². The van der Waals surface area contributed by atoms with Crippen LogP contribution in [0.15, 0.2) is 24.4 Å². The van der Waals surface area contributed by atoms with Crippen LogP contribution in [0.3, 0.4) is 0 Å². The van der Waals surface area contributed by atoms with Gasteiger partial charge in [0.15, 0.2) is 0 Å². The summed E-state index contributed by atoms with van der Waals surface area (Å²) in [5.74, 6) is 0.704. The van der Waals surface area contributed by atoms with Crippen molar-refractivity contribution in [1.82, 2.24) is 10.0 Å². The molecule has 62 valence electrons. The SMILES string of the molecule is COc1ccc2c(cnn2F)c1. The van der Waals surface area contributed by atoms with E-state index in [0.717, 1.165) is 5.39 Å². The molecule has 0 amide bonds. The summed E-state index contributed by atoms with van der Waals surface area (Å²) in [5.41, 5.74) is 0.454. The number of rotatable bonds is 1. The van der Waals surface area contributed by atoms with Crippen LogP contribution in [0.4, 0.5) is 4.48 Å². The van der Waals surface area contributed by atoms with Gasteiger partial charge in [0.05, 0.1) is 13.3 Å². The van der Waals surface area contributed by atoms with Crippen LogP contribution < -0.4 is 4.74 Å². The van der Waals surface area contributed by atoms with Crippen LogP contribution in [0.1, 0.15) is 0 Å². The van der Waals surface area contributed by atoms with Gasteiger partial charge in [-0.15, -0.1) is 5.10 Å². The lowest BCUT2D eigenvalue weighted by Gasteiger charge is -1.97. The van der Waals surface area contributed by atoms with Gasteiger partial charge in [-0.1, -0.05) is 9.39 Å². The molecule has 0 aliphatic carbocycles. The van der Waals surface area contributed by atoms with Crippen LogP contribution in [0.2, 0.25) is 0 Å². The van der Waals surface area contributed by atoms with Crippen molar-refractivity contribution in [3.63, 3.8) is 0 Å². The third-order valence-electron chi connectivity index (χ3n) is 1.73. The molecule has 0 fully saturated rings. The van der Waals surface area contributed by atoms with Crippen molar-refractivity contribution < 1.29 is 9.22 Å². The molecular formula is C8H7FN2O. The van der Waals surface area contributed by atoms with Crippen molar-refractivity contribution in [3.05, 3.63) is 24.4 Å². The van der Waals surface area contributed by atoms with Gasteiger partial charge in [0.2, 0.25) is 0 Å². The van der Waals surface area contributed by atoms with Gasteiger partial charge in [0.1, 0.15) is 11.3 Å². The Bertz CT molecular complexity index is 410. The molecule has 2 aromatic rings. The van der Waals surface area contributed by atoms with E-state index in [4.69, 9.17) is 4.74 Å². The van der Waals surface area contributed by atoms with Crippen molar-refractivity contribution >= 4 is 10.9 Å². The molecule has 1 aromatic heterocycles. The first-order valence-electron chi connectivity index (χ1n) is 3.49. The maximum Gasteiger partial charge on any atom is 0.119 e. The topological polar surface area (TPSA) is 27.1 Å². The number of benzene rings is 1. The van der Waals surface area contributed by atoms with Gasteiger partial charge in [-0.05, 0) is 18.2 Å². The zero-order valence-electron chi connectivity index (χ0n) is 6.49. The van der Waals surface area contributed by atoms with E-state index in [2.05, 4.69) is 5.10 Å². The first kappa shape index (κ1) is 7.09. The van der Waals surface area contributed by atoms with E-state index in [1.165, 1.54) is 6.20 Å². The van der Waals surface area contributed by atoms with Crippen LogP contribution in [-0.4, -0.2) is 17.1 Å². The number of halogens is 1. The molecule has 0 saturated heterocycles. The predicted octanol–water partition coefficient (Wildman–Crippen LogP) is 1.78. The number of fused-ring (bicyclic) bond motifs is 1. The number of ether oxygens (including phenoxy) is 1. The standard InChI is InChI=1S/C8H7FN2O/c1-12-7-2-3-8-6(4-7)5-10-11(8)9/h2-5H,1H3. The van der Waals surface area contributed by atoms with Crippen molar-refractivity contribution in [1.29, 1.82) is 0 Å². The molecule has 4 heteroatoms. The van der Waals surface area contributed by atoms with E-state index in [-0.39, 0.29) is 0 Å². The Kier molecular flexibility index (Phi) is 1.46. The van der Waals surface area contributed by atoms with Gasteiger partial charge in [-0.3, -0.25) is 0 Å². The van der Waals surface area contributed by atoms with E-state index < -0.39 is 0 Å². The molecule has 0 saturated carbocycles. The first-order valence-corrected chi connectivity index (χ1v) is 3.49. The van der Waals surface area contributed by atoms with Crippen LogP contribution in [-0.2, 0) is 0 Å². The number of nitrogens with zero attached hydrogens (tertiary/aromatic N) is 2. The molecule has 0 bridgehead atoms. The summed E-state index contributed by atoms with van der Waals surface area (Å²) < 4.78 is 17.7. The molecule has 2 rings (SSSR count). The molecule has 0 N–H and O–H groups in total. The van der Waals surface area contributed by atoms with E-state index >= 15 is 0 Å². The molecule has 0 spiro atoms. The minimum Gasteiger partial charge on any atom is -0.497 e. The fourth-order valence-corrected chi connectivity index (χ4v) is 1.11. The van der Waals surface area contributed by atoms with E-state index in [1.54, 1.807) is 25.3 Å². The molecule has 0 atom stereocenters. The molecule has 0 aliphatic rings. The molecule has 0 radical (unpaired) electrons. The van der Waals surface area contributed by atoms with Gasteiger partial charge >= 0.3 is 0 Å². The molecule has 0 unspecified atom stereocenters. The highest BCUT2D eigenvalue weighted by Gasteiger charge is 2.01. The maximum atomic E-state index is 12.7. The fourth-order valence-electron chi connectivity index (χ4n) is 1.11. The summed E-state index contributed by atoms with van der Waals surface area (Å²) >= 11 is 0. The fraction of sp³-hybridized carbons (Fsp3) is 0.125. The van der Waals surface area contributed by atoms with Gasteiger partial charge in [0, 0.05) is 5.39 Å². The highest BCUT2D eigenvalue weighted by molar-refractivity contribution is 5.79. The number of aromatic nitrogens is 2. The van der Waals surface area contributed by atoms with Crippen molar-refractivity contribution in [2.75, 3.05) is 7.11 Å². The quantitative estimate of drug-likeness (QED) is 0.645. The second-order valence-corrected chi connectivity index (χ2v) is 2.43. The van der Waals surface area contributed by atoms with Crippen LogP contribution in [0.5, 0.6) is 5.75 Å². The Morgan fingerprint density at radius 3 is 3.08 bits per heavy atom. The third-order valence-corrected chi connectivity index (χ3v) is 1.73. The Hall–Kier alpha value is -1.58. The van der Waals surface area contributed by atoms with Gasteiger partial charge in [-0.2, -0.15) is 0 Å². The van der Waals surface area contributed by atoms with Crippen LogP contribution in [0, 0.1) is 0 Å². The summed E-state index contributed by atoms with van der Waals surface area (Å²) in [7, 11) is 1.57. The van der Waals surface area contributed by atoms with E-state index in [9.17, 15) is 4.48 Å². The largest absolute Gasteiger partial charge is 0.497 e. The number of methoxy groups -OCH3 is 1. The zero-order valence-corrected chi connectivity index (χ0v) is 6.49. The summed E-state index contributed by atoms with van der Waals surface area (Å²) in [5, 5.41) is 4.20. The molecule has 3 nitrogen and oxygen atoms in total. The average Bonchev–Trinajstić information content (AvgIpc) is 2.47. The normalized spacial score (nSPS) is 10.5. The van der Waals surface area contributed by atoms with Crippen molar-refractivity contribution in [2.24, 2.45) is 0 Å². The van der Waals surface area contributed by atoms with Crippen molar-refractivity contribution in [2.45, 2.75) is 0 Å². The second kappa shape index (κ2) is 2.48. The lowest BCUT2D eigenvalue weighted by molar-refractivity contribution is 0.332. The van der Waals surface area contributed by atoms with Crippen LogP contribution >= 0.6 is 0 Å². The Labute approximate surface area is 68.3 Å². The minimum absolute atomic E-state index is 0.342. The first-order chi connectivity index (χ1) is 5.81. The number of hydrogen-bond acceptors (Lipinski definition) is 2. The molecule has 12 heavy (non-hydrogen) atoms. The highest BCUT2D eigenvalue weighted by Crippen LogP contribution is 2.19. The van der Waals surface area contributed by atoms with Crippen molar-refractivity contribution in [3.8, 4) is 5.75 Å². The Morgan fingerprint density at radius 2 is 2.33 bits per heavy atom. The number of hydrogen-bond donors (Lipinski definition) is 0. The van der Waals surface area contributed by atoms with Crippen LogP contribution in [0.25, 0.3) is 10.9 Å². The second-order valence-electron chi connectivity index (χ2n) is 2.43.